The highest BCUT2D eigenvalue weighted by Crippen LogP contribution is 2.26. The molecule has 0 unspecified atom stereocenters. The molecule has 2 aromatic rings. The molecule has 1 aliphatic heterocycles. The highest BCUT2D eigenvalue weighted by molar-refractivity contribution is 7.86. The average Bonchev–Trinajstić information content (AvgIpc) is 2.69. The molecule has 0 saturated carbocycles. The van der Waals surface area contributed by atoms with E-state index in [-0.39, 0.29) is 23.5 Å². The van der Waals surface area contributed by atoms with E-state index in [0.29, 0.717) is 23.9 Å². The fourth-order valence-electron chi connectivity index (χ4n) is 3.11. The molecule has 2 atom stereocenters. The van der Waals surface area contributed by atoms with Gasteiger partial charge in [0, 0.05) is 28.1 Å². The Morgan fingerprint density at radius 3 is 2.72 bits per heavy atom. The molecule has 6 nitrogen and oxygen atoms in total. The number of amides is 2. The van der Waals surface area contributed by atoms with Crippen molar-refractivity contribution < 1.29 is 18.5 Å². The second kappa shape index (κ2) is 10.0. The van der Waals surface area contributed by atoms with Crippen molar-refractivity contribution in [1.29, 1.82) is 0 Å². The molecule has 2 N–H and O–H groups in total. The van der Waals surface area contributed by atoms with Crippen LogP contribution >= 0.6 is 11.6 Å². The van der Waals surface area contributed by atoms with Crippen molar-refractivity contribution in [3.63, 3.8) is 0 Å². The molecular formula is C21H23ClN2O4S. The van der Waals surface area contributed by atoms with Crippen LogP contribution in [0.25, 0.3) is 0 Å². The lowest BCUT2D eigenvalue weighted by Gasteiger charge is -2.26. The Labute approximate surface area is 177 Å². The Kier molecular flexibility index (Phi) is 7.41. The number of rotatable bonds is 7. The summed E-state index contributed by atoms with van der Waals surface area (Å²) in [5.74, 6) is -1.31. The standard InChI is InChI=1S/C21H23ClN2O4S/c1-14-6-7-16(10-18(14)22)24-21(26)13-29(27)12-20(25)23-11-19-17-5-3-2-4-15(17)8-9-28-19/h2-7,10,19H,8-9,11-13H2,1H3,(H,23,25)(H,24,26)/t19-,29+/m1/s1. The van der Waals surface area contributed by atoms with Crippen molar-refractivity contribution in [1.82, 2.24) is 5.32 Å². The molecule has 2 amide bonds. The first-order valence-electron chi connectivity index (χ1n) is 9.29. The smallest absolute Gasteiger partial charge is 0.237 e. The maximum atomic E-state index is 12.2. The van der Waals surface area contributed by atoms with Crippen molar-refractivity contribution >= 4 is 39.9 Å². The summed E-state index contributed by atoms with van der Waals surface area (Å²) >= 11 is 6.03. The maximum Gasteiger partial charge on any atom is 0.237 e. The molecule has 0 fully saturated rings. The molecule has 0 saturated heterocycles. The van der Waals surface area contributed by atoms with Crippen LogP contribution in [0.2, 0.25) is 5.02 Å². The minimum atomic E-state index is -1.61. The average molecular weight is 435 g/mol. The predicted molar refractivity (Wildman–Crippen MR) is 115 cm³/mol. The van der Waals surface area contributed by atoms with Gasteiger partial charge in [-0.1, -0.05) is 41.9 Å². The van der Waals surface area contributed by atoms with Crippen LogP contribution in [-0.4, -0.2) is 40.7 Å². The van der Waals surface area contributed by atoms with Gasteiger partial charge in [-0.15, -0.1) is 0 Å². The van der Waals surface area contributed by atoms with E-state index in [4.69, 9.17) is 16.3 Å². The van der Waals surface area contributed by atoms with E-state index in [0.717, 1.165) is 17.5 Å². The lowest BCUT2D eigenvalue weighted by molar-refractivity contribution is -0.119. The topological polar surface area (TPSA) is 84.5 Å². The number of halogens is 1. The normalized spacial score (nSPS) is 16.6. The first-order valence-corrected chi connectivity index (χ1v) is 11.2. The molecule has 154 valence electrons. The van der Waals surface area contributed by atoms with Crippen LogP contribution < -0.4 is 10.6 Å². The van der Waals surface area contributed by atoms with E-state index in [1.165, 1.54) is 5.56 Å². The maximum absolute atomic E-state index is 12.2. The summed E-state index contributed by atoms with van der Waals surface area (Å²) in [6, 6.07) is 13.1. The van der Waals surface area contributed by atoms with Gasteiger partial charge < -0.3 is 15.4 Å². The van der Waals surface area contributed by atoms with Gasteiger partial charge in [0.15, 0.2) is 0 Å². The number of anilines is 1. The molecule has 1 aliphatic rings. The third kappa shape index (κ3) is 6.13. The summed E-state index contributed by atoms with van der Waals surface area (Å²) in [6.07, 6.45) is 0.637. The van der Waals surface area contributed by atoms with Gasteiger partial charge in [0.25, 0.3) is 0 Å². The number of carbonyl (C=O) groups is 2. The number of carbonyl (C=O) groups excluding carboxylic acids is 2. The minimum Gasteiger partial charge on any atom is -0.371 e. The number of nitrogens with one attached hydrogen (secondary N) is 2. The summed E-state index contributed by atoms with van der Waals surface area (Å²) in [4.78, 5) is 24.2. The SMILES string of the molecule is Cc1ccc(NC(=O)C[S@@](=O)CC(=O)NC[C@H]2OCCc3ccccc32)cc1Cl. The number of hydrogen-bond donors (Lipinski definition) is 2. The van der Waals surface area contributed by atoms with Gasteiger partial charge >= 0.3 is 0 Å². The highest BCUT2D eigenvalue weighted by Gasteiger charge is 2.21. The van der Waals surface area contributed by atoms with Crippen LogP contribution in [0.3, 0.4) is 0 Å². The van der Waals surface area contributed by atoms with Gasteiger partial charge in [0.1, 0.15) is 17.6 Å². The Morgan fingerprint density at radius 1 is 1.17 bits per heavy atom. The van der Waals surface area contributed by atoms with Crippen molar-refractivity contribution in [3.8, 4) is 0 Å². The first-order chi connectivity index (χ1) is 13.9. The second-order valence-corrected chi connectivity index (χ2v) is 8.72. The van der Waals surface area contributed by atoms with Gasteiger partial charge in [-0.2, -0.15) is 0 Å². The summed E-state index contributed by atoms with van der Waals surface area (Å²) < 4.78 is 17.9. The third-order valence-corrected chi connectivity index (χ3v) is 6.19. The number of hydrogen-bond acceptors (Lipinski definition) is 4. The number of aryl methyl sites for hydroxylation is 1. The van der Waals surface area contributed by atoms with E-state index in [1.807, 2.05) is 25.1 Å². The number of benzene rings is 2. The lowest BCUT2D eigenvalue weighted by atomic mass is 9.97. The largest absolute Gasteiger partial charge is 0.371 e. The van der Waals surface area contributed by atoms with E-state index >= 15 is 0 Å². The fourth-order valence-corrected chi connectivity index (χ4v) is 4.16. The monoisotopic (exact) mass is 434 g/mol. The Hall–Kier alpha value is -2.22. The minimum absolute atomic E-state index is 0.216. The van der Waals surface area contributed by atoms with Crippen LogP contribution in [0.5, 0.6) is 0 Å². The molecule has 3 rings (SSSR count). The van der Waals surface area contributed by atoms with E-state index in [2.05, 4.69) is 16.7 Å². The van der Waals surface area contributed by atoms with Crippen LogP contribution in [0.1, 0.15) is 22.8 Å². The van der Waals surface area contributed by atoms with Crippen LogP contribution in [0, 0.1) is 6.92 Å². The quantitative estimate of drug-likeness (QED) is 0.701. The summed E-state index contributed by atoms with van der Waals surface area (Å²) in [7, 11) is -1.61. The molecule has 0 aromatic heterocycles. The summed E-state index contributed by atoms with van der Waals surface area (Å²) in [5, 5.41) is 5.93. The zero-order chi connectivity index (χ0) is 20.8. The second-order valence-electron chi connectivity index (χ2n) is 6.85. The van der Waals surface area contributed by atoms with Crippen LogP contribution in [0.4, 0.5) is 5.69 Å². The van der Waals surface area contributed by atoms with Crippen molar-refractivity contribution in [3.05, 3.63) is 64.2 Å². The van der Waals surface area contributed by atoms with E-state index < -0.39 is 16.7 Å². The van der Waals surface area contributed by atoms with Crippen molar-refractivity contribution in [2.45, 2.75) is 19.4 Å². The van der Waals surface area contributed by atoms with E-state index in [1.54, 1.807) is 18.2 Å². The molecular weight excluding hydrogens is 412 g/mol. The third-order valence-electron chi connectivity index (χ3n) is 4.62. The Morgan fingerprint density at radius 2 is 1.93 bits per heavy atom. The first kappa shape index (κ1) is 21.5. The van der Waals surface area contributed by atoms with Gasteiger partial charge in [-0.3, -0.25) is 13.8 Å². The molecule has 0 spiro atoms. The van der Waals surface area contributed by atoms with Gasteiger partial charge in [-0.25, -0.2) is 0 Å². The lowest BCUT2D eigenvalue weighted by Crippen LogP contribution is -2.35. The van der Waals surface area contributed by atoms with Gasteiger partial charge in [0.2, 0.25) is 11.8 Å². The Balaban J connectivity index is 1.44. The van der Waals surface area contributed by atoms with Crippen LogP contribution in [-0.2, 0) is 31.5 Å². The highest BCUT2D eigenvalue weighted by atomic mass is 35.5. The molecule has 2 aromatic carbocycles. The summed E-state index contributed by atoms with van der Waals surface area (Å²) in [5.41, 5.74) is 3.71. The van der Waals surface area contributed by atoms with Crippen LogP contribution in [0.15, 0.2) is 42.5 Å². The zero-order valence-electron chi connectivity index (χ0n) is 16.1. The molecule has 29 heavy (non-hydrogen) atoms. The number of ether oxygens (including phenoxy) is 1. The van der Waals surface area contributed by atoms with Gasteiger partial charge in [0.05, 0.1) is 6.61 Å². The molecule has 0 aliphatic carbocycles. The summed E-state index contributed by atoms with van der Waals surface area (Å²) in [6.45, 7) is 2.77. The molecule has 0 radical (unpaired) electrons. The Bertz CT molecular complexity index is 935. The van der Waals surface area contributed by atoms with Crippen molar-refractivity contribution in [2.75, 3.05) is 30.0 Å². The predicted octanol–water partition coefficient (Wildman–Crippen LogP) is 2.77. The molecule has 8 heteroatoms. The van der Waals surface area contributed by atoms with Crippen molar-refractivity contribution in [2.24, 2.45) is 0 Å². The number of fused-ring (bicyclic) bond motifs is 1. The fraction of sp³-hybridized carbons (Fsp3) is 0.333. The van der Waals surface area contributed by atoms with E-state index in [9.17, 15) is 13.8 Å². The zero-order valence-corrected chi connectivity index (χ0v) is 17.6. The molecule has 1 heterocycles. The molecule has 0 bridgehead atoms. The van der Waals surface area contributed by atoms with Gasteiger partial charge in [-0.05, 0) is 42.2 Å².